The molecule has 2 aromatic carbocycles. The fourth-order valence-corrected chi connectivity index (χ4v) is 4.91. The predicted octanol–water partition coefficient (Wildman–Crippen LogP) is 2.90. The van der Waals surface area contributed by atoms with Gasteiger partial charge in [0.1, 0.15) is 16.5 Å². The van der Waals surface area contributed by atoms with Crippen molar-refractivity contribution in [3.8, 4) is 5.69 Å². The zero-order chi connectivity index (χ0) is 21.3. The summed E-state index contributed by atoms with van der Waals surface area (Å²) in [5, 5.41) is 0. The Kier molecular flexibility index (Phi) is 5.40. The lowest BCUT2D eigenvalue weighted by Gasteiger charge is -2.34. The number of rotatable bonds is 4. The first-order valence-electron chi connectivity index (χ1n) is 9.34. The summed E-state index contributed by atoms with van der Waals surface area (Å²) in [4.78, 5) is 13.6. The molecular formula is C21H19F2N3O3S. The first-order chi connectivity index (χ1) is 14.4. The quantitative estimate of drug-likeness (QED) is 0.638. The van der Waals surface area contributed by atoms with Crippen LogP contribution in [0.25, 0.3) is 5.69 Å². The van der Waals surface area contributed by atoms with E-state index in [9.17, 15) is 22.0 Å². The number of sulfonamides is 1. The number of amides is 1. The van der Waals surface area contributed by atoms with Gasteiger partial charge < -0.3 is 9.47 Å². The van der Waals surface area contributed by atoms with Crippen LogP contribution < -0.4 is 0 Å². The van der Waals surface area contributed by atoms with Gasteiger partial charge >= 0.3 is 0 Å². The van der Waals surface area contributed by atoms with Gasteiger partial charge in [-0.3, -0.25) is 4.79 Å². The summed E-state index contributed by atoms with van der Waals surface area (Å²) in [5.74, 6) is -2.03. The molecule has 3 aromatic rings. The number of carbonyl (C=O) groups excluding carboxylic acids is 1. The van der Waals surface area contributed by atoms with Crippen LogP contribution in [0.2, 0.25) is 0 Å². The van der Waals surface area contributed by atoms with E-state index in [0.717, 1.165) is 22.1 Å². The van der Waals surface area contributed by atoms with Gasteiger partial charge in [0.2, 0.25) is 10.0 Å². The number of piperazine rings is 1. The molecule has 2 heterocycles. The topological polar surface area (TPSA) is 62.6 Å². The number of carbonyl (C=O) groups is 1. The van der Waals surface area contributed by atoms with Crippen LogP contribution in [0.1, 0.15) is 10.4 Å². The lowest BCUT2D eigenvalue weighted by atomic mass is 10.1. The molecule has 0 N–H and O–H groups in total. The Bertz CT molecular complexity index is 1150. The average Bonchev–Trinajstić information content (AvgIpc) is 3.30. The van der Waals surface area contributed by atoms with E-state index in [1.165, 1.54) is 0 Å². The van der Waals surface area contributed by atoms with Crippen LogP contribution in [0.15, 0.2) is 71.9 Å². The van der Waals surface area contributed by atoms with E-state index >= 15 is 0 Å². The van der Waals surface area contributed by atoms with Gasteiger partial charge in [0, 0.05) is 49.8 Å². The third kappa shape index (κ3) is 3.86. The number of hydrogen-bond donors (Lipinski definition) is 0. The fourth-order valence-electron chi connectivity index (χ4n) is 3.41. The van der Waals surface area contributed by atoms with Crippen molar-refractivity contribution in [3.05, 3.63) is 84.2 Å². The summed E-state index contributed by atoms with van der Waals surface area (Å²) >= 11 is 0. The molecule has 1 aliphatic rings. The average molecular weight is 431 g/mol. The Morgan fingerprint density at radius 2 is 1.50 bits per heavy atom. The van der Waals surface area contributed by atoms with Gasteiger partial charge in [0.05, 0.1) is 0 Å². The lowest BCUT2D eigenvalue weighted by molar-refractivity contribution is 0.0697. The monoisotopic (exact) mass is 431 g/mol. The van der Waals surface area contributed by atoms with Gasteiger partial charge in [-0.1, -0.05) is 0 Å². The third-order valence-electron chi connectivity index (χ3n) is 5.05. The minimum Gasteiger partial charge on any atom is -0.336 e. The summed E-state index contributed by atoms with van der Waals surface area (Å²) < 4.78 is 55.7. The second-order valence-corrected chi connectivity index (χ2v) is 8.81. The Labute approximate surface area is 173 Å². The minimum absolute atomic E-state index is 0.00543. The number of hydrogen-bond acceptors (Lipinski definition) is 3. The molecule has 0 atom stereocenters. The van der Waals surface area contributed by atoms with Crippen LogP contribution in [0.5, 0.6) is 0 Å². The van der Waals surface area contributed by atoms with Gasteiger partial charge in [-0.2, -0.15) is 4.31 Å². The number of nitrogens with zero attached hydrogens (tertiary/aromatic N) is 3. The summed E-state index contributed by atoms with van der Waals surface area (Å²) in [5.41, 5.74) is 1.42. The fraction of sp³-hybridized carbons (Fsp3) is 0.190. The molecule has 9 heteroatoms. The van der Waals surface area contributed by atoms with E-state index in [1.807, 2.05) is 41.2 Å². The zero-order valence-electron chi connectivity index (χ0n) is 15.9. The normalized spacial score (nSPS) is 15.3. The van der Waals surface area contributed by atoms with E-state index in [2.05, 4.69) is 0 Å². The molecule has 6 nitrogen and oxygen atoms in total. The molecule has 1 saturated heterocycles. The Balaban J connectivity index is 1.44. The molecule has 0 spiro atoms. The highest BCUT2D eigenvalue weighted by Gasteiger charge is 2.32. The van der Waals surface area contributed by atoms with Crippen molar-refractivity contribution < 1.29 is 22.0 Å². The van der Waals surface area contributed by atoms with E-state index in [1.54, 1.807) is 17.0 Å². The smallest absolute Gasteiger partial charge is 0.253 e. The highest BCUT2D eigenvalue weighted by Crippen LogP contribution is 2.22. The SMILES string of the molecule is O=C(c1ccc(-n2cccc2)cc1)N1CCN(S(=O)(=O)c2cc(F)ccc2F)CC1. The van der Waals surface area contributed by atoms with E-state index < -0.39 is 26.6 Å². The van der Waals surface area contributed by atoms with E-state index in [0.29, 0.717) is 11.6 Å². The largest absolute Gasteiger partial charge is 0.336 e. The highest BCUT2D eigenvalue weighted by atomic mass is 32.2. The molecule has 0 radical (unpaired) electrons. The van der Waals surface area contributed by atoms with Crippen molar-refractivity contribution in [2.24, 2.45) is 0 Å². The molecule has 1 fully saturated rings. The molecule has 4 rings (SSSR count). The number of benzene rings is 2. The molecule has 0 bridgehead atoms. The summed E-state index contributed by atoms with van der Waals surface area (Å²) in [7, 11) is -4.18. The van der Waals surface area contributed by atoms with Crippen molar-refractivity contribution >= 4 is 15.9 Å². The van der Waals surface area contributed by atoms with E-state index in [4.69, 9.17) is 0 Å². The second-order valence-electron chi connectivity index (χ2n) is 6.91. The Morgan fingerprint density at radius 3 is 2.13 bits per heavy atom. The number of aromatic nitrogens is 1. The molecule has 0 unspecified atom stereocenters. The van der Waals surface area contributed by atoms with Crippen molar-refractivity contribution in [1.82, 2.24) is 13.8 Å². The molecule has 156 valence electrons. The van der Waals surface area contributed by atoms with Crippen LogP contribution in [0.3, 0.4) is 0 Å². The van der Waals surface area contributed by atoms with Crippen LogP contribution >= 0.6 is 0 Å². The molecule has 1 aliphatic heterocycles. The standard InChI is InChI=1S/C21H19F2N3O3S/c22-17-5-8-19(23)20(15-17)30(28,29)26-13-11-25(12-14-26)21(27)16-3-6-18(7-4-16)24-9-1-2-10-24/h1-10,15H,11-14H2. The molecule has 0 aliphatic carbocycles. The van der Waals surface area contributed by atoms with Gasteiger partial charge in [-0.15, -0.1) is 0 Å². The van der Waals surface area contributed by atoms with Crippen molar-refractivity contribution in [2.75, 3.05) is 26.2 Å². The van der Waals surface area contributed by atoms with Crippen molar-refractivity contribution in [3.63, 3.8) is 0 Å². The summed E-state index contributed by atoms with van der Waals surface area (Å²) in [6.07, 6.45) is 3.80. The van der Waals surface area contributed by atoms with Crippen LogP contribution in [0.4, 0.5) is 8.78 Å². The van der Waals surface area contributed by atoms with Crippen LogP contribution in [0, 0.1) is 11.6 Å². The first-order valence-corrected chi connectivity index (χ1v) is 10.8. The van der Waals surface area contributed by atoms with Crippen LogP contribution in [-0.2, 0) is 10.0 Å². The van der Waals surface area contributed by atoms with Gasteiger partial charge in [-0.25, -0.2) is 17.2 Å². The summed E-state index contributed by atoms with van der Waals surface area (Å²) in [6, 6.07) is 13.3. The maximum Gasteiger partial charge on any atom is 0.253 e. The minimum atomic E-state index is -4.18. The molecular weight excluding hydrogens is 412 g/mol. The highest BCUT2D eigenvalue weighted by molar-refractivity contribution is 7.89. The first kappa shape index (κ1) is 20.2. The van der Waals surface area contributed by atoms with E-state index in [-0.39, 0.29) is 32.1 Å². The van der Waals surface area contributed by atoms with Crippen LogP contribution in [-0.4, -0.2) is 54.3 Å². The number of halogens is 2. The second kappa shape index (κ2) is 8.00. The molecule has 0 saturated carbocycles. The molecule has 30 heavy (non-hydrogen) atoms. The van der Waals surface area contributed by atoms with Gasteiger partial charge in [0.25, 0.3) is 5.91 Å². The maximum absolute atomic E-state index is 13.9. The predicted molar refractivity (Wildman–Crippen MR) is 107 cm³/mol. The maximum atomic E-state index is 13.9. The Hall–Kier alpha value is -3.04. The van der Waals surface area contributed by atoms with Crippen molar-refractivity contribution in [2.45, 2.75) is 4.90 Å². The van der Waals surface area contributed by atoms with Gasteiger partial charge in [0.15, 0.2) is 0 Å². The molecule has 1 aromatic heterocycles. The molecule has 1 amide bonds. The van der Waals surface area contributed by atoms with Gasteiger partial charge in [-0.05, 0) is 54.6 Å². The Morgan fingerprint density at radius 1 is 0.867 bits per heavy atom. The van der Waals surface area contributed by atoms with Crippen molar-refractivity contribution in [1.29, 1.82) is 0 Å². The lowest BCUT2D eigenvalue weighted by Crippen LogP contribution is -2.50. The zero-order valence-corrected chi connectivity index (χ0v) is 16.7. The summed E-state index contributed by atoms with van der Waals surface area (Å²) in [6.45, 7) is 0.333. The third-order valence-corrected chi connectivity index (χ3v) is 6.97.